The van der Waals surface area contributed by atoms with E-state index in [0.717, 1.165) is 0 Å². The molecule has 96 valence electrons. The second kappa shape index (κ2) is 5.51. The van der Waals surface area contributed by atoms with Gasteiger partial charge in [0.05, 0.1) is 17.7 Å². The van der Waals surface area contributed by atoms with Gasteiger partial charge in [0.25, 0.3) is 0 Å². The van der Waals surface area contributed by atoms with Gasteiger partial charge in [-0.2, -0.15) is 5.26 Å². The number of rotatable bonds is 3. The van der Waals surface area contributed by atoms with Gasteiger partial charge in [0.1, 0.15) is 5.75 Å². The summed E-state index contributed by atoms with van der Waals surface area (Å²) in [5, 5.41) is 18.5. The summed E-state index contributed by atoms with van der Waals surface area (Å²) in [4.78, 5) is 0. The van der Waals surface area contributed by atoms with Crippen molar-refractivity contribution < 1.29 is 14.2 Å². The molecule has 0 unspecified atom stereocenters. The molecule has 3 nitrogen and oxygen atoms in total. The topological polar surface area (TPSA) is 53.2 Å². The first-order chi connectivity index (χ1) is 9.11. The van der Waals surface area contributed by atoms with Gasteiger partial charge in [0.15, 0.2) is 11.6 Å². The molecular weight excluding hydrogens is 245 g/mol. The molecule has 0 aromatic heterocycles. The highest BCUT2D eigenvalue weighted by Crippen LogP contribution is 2.31. The Morgan fingerprint density at radius 3 is 2.58 bits per heavy atom. The maximum absolute atomic E-state index is 13.5. The van der Waals surface area contributed by atoms with Crippen LogP contribution in [0.25, 0.3) is 0 Å². The van der Waals surface area contributed by atoms with Crippen LogP contribution in [0.1, 0.15) is 24.2 Å². The number of ether oxygens (including phenoxy) is 1. The number of nitrogens with zero attached hydrogens (tertiary/aromatic N) is 1. The second-order valence-corrected chi connectivity index (χ2v) is 4.07. The Kier molecular flexibility index (Phi) is 3.79. The van der Waals surface area contributed by atoms with E-state index in [-0.39, 0.29) is 11.5 Å². The first kappa shape index (κ1) is 13.1. The molecule has 4 heteroatoms. The molecule has 0 aliphatic rings. The van der Waals surface area contributed by atoms with Gasteiger partial charge in [0, 0.05) is 5.56 Å². The fourth-order valence-electron chi connectivity index (χ4n) is 1.68. The molecule has 0 saturated carbocycles. The number of aliphatic hydroxyl groups is 1. The predicted molar refractivity (Wildman–Crippen MR) is 68.3 cm³/mol. The zero-order valence-electron chi connectivity index (χ0n) is 10.3. The van der Waals surface area contributed by atoms with E-state index in [1.807, 2.05) is 6.07 Å². The molecule has 0 bridgehead atoms. The zero-order chi connectivity index (χ0) is 13.8. The summed E-state index contributed by atoms with van der Waals surface area (Å²) >= 11 is 0. The summed E-state index contributed by atoms with van der Waals surface area (Å²) in [6.45, 7) is 1.58. The smallest absolute Gasteiger partial charge is 0.165 e. The van der Waals surface area contributed by atoms with Crippen LogP contribution in [-0.2, 0) is 0 Å². The molecule has 1 atom stereocenters. The fourth-order valence-corrected chi connectivity index (χ4v) is 1.68. The molecular formula is C15H12FNO2. The second-order valence-electron chi connectivity index (χ2n) is 4.07. The molecule has 0 amide bonds. The van der Waals surface area contributed by atoms with Crippen molar-refractivity contribution >= 4 is 0 Å². The Bertz CT molecular complexity index is 632. The number of hydrogen-bond donors (Lipinski definition) is 1. The maximum Gasteiger partial charge on any atom is 0.165 e. The van der Waals surface area contributed by atoms with E-state index in [1.165, 1.54) is 18.2 Å². The summed E-state index contributed by atoms with van der Waals surface area (Å²) in [5.41, 5.74) is 0.887. The minimum atomic E-state index is -0.769. The normalized spacial score (nSPS) is 11.7. The van der Waals surface area contributed by atoms with Gasteiger partial charge in [-0.1, -0.05) is 18.2 Å². The van der Waals surface area contributed by atoms with E-state index in [9.17, 15) is 9.50 Å². The summed E-state index contributed by atoms with van der Waals surface area (Å²) < 4.78 is 19.0. The highest BCUT2D eigenvalue weighted by molar-refractivity contribution is 5.45. The average molecular weight is 257 g/mol. The fraction of sp³-hybridized carbons (Fsp3) is 0.133. The largest absolute Gasteiger partial charge is 0.454 e. The van der Waals surface area contributed by atoms with Crippen LogP contribution in [0.5, 0.6) is 11.5 Å². The standard InChI is InChI=1S/C15H12FNO2/c1-10(18)12-7-6-11(9-17)8-15(12)19-14-5-3-2-4-13(14)16/h2-8,10,18H,1H3/t10-/m1/s1. The lowest BCUT2D eigenvalue weighted by atomic mass is 10.1. The lowest BCUT2D eigenvalue weighted by Crippen LogP contribution is -1.98. The van der Waals surface area contributed by atoms with Crippen molar-refractivity contribution in [2.45, 2.75) is 13.0 Å². The van der Waals surface area contributed by atoms with E-state index in [1.54, 1.807) is 31.2 Å². The Morgan fingerprint density at radius 1 is 1.21 bits per heavy atom. The van der Waals surface area contributed by atoms with Gasteiger partial charge in [0.2, 0.25) is 0 Å². The quantitative estimate of drug-likeness (QED) is 0.914. The molecule has 0 aliphatic carbocycles. The minimum Gasteiger partial charge on any atom is -0.454 e. The summed E-state index contributed by atoms with van der Waals surface area (Å²) in [6, 6.07) is 12.6. The SMILES string of the molecule is C[C@@H](O)c1ccc(C#N)cc1Oc1ccccc1F. The molecule has 0 aliphatic heterocycles. The first-order valence-corrected chi connectivity index (χ1v) is 5.76. The van der Waals surface area contributed by atoms with Crippen LogP contribution in [0.2, 0.25) is 0 Å². The number of nitriles is 1. The van der Waals surface area contributed by atoms with Gasteiger partial charge in [-0.25, -0.2) is 4.39 Å². The Hall–Kier alpha value is -2.38. The van der Waals surface area contributed by atoms with E-state index in [2.05, 4.69) is 0 Å². The lowest BCUT2D eigenvalue weighted by Gasteiger charge is -2.13. The number of benzene rings is 2. The van der Waals surface area contributed by atoms with Crippen LogP contribution < -0.4 is 4.74 Å². The highest BCUT2D eigenvalue weighted by atomic mass is 19.1. The Balaban J connectivity index is 2.44. The van der Waals surface area contributed by atoms with Crippen molar-refractivity contribution in [3.63, 3.8) is 0 Å². The zero-order valence-corrected chi connectivity index (χ0v) is 10.3. The van der Waals surface area contributed by atoms with E-state index >= 15 is 0 Å². The average Bonchev–Trinajstić information content (AvgIpc) is 2.41. The summed E-state index contributed by atoms with van der Waals surface area (Å²) in [5.74, 6) is -0.167. The van der Waals surface area contributed by atoms with Gasteiger partial charge in [-0.15, -0.1) is 0 Å². The third kappa shape index (κ3) is 2.90. The minimum absolute atomic E-state index is 0.0551. The van der Waals surface area contributed by atoms with E-state index < -0.39 is 11.9 Å². The third-order valence-electron chi connectivity index (χ3n) is 2.65. The lowest BCUT2D eigenvalue weighted by molar-refractivity contribution is 0.195. The van der Waals surface area contributed by atoms with E-state index in [4.69, 9.17) is 10.00 Å². The van der Waals surface area contributed by atoms with Gasteiger partial charge < -0.3 is 9.84 Å². The molecule has 0 spiro atoms. The monoisotopic (exact) mass is 257 g/mol. The van der Waals surface area contributed by atoms with Crippen molar-refractivity contribution in [2.24, 2.45) is 0 Å². The third-order valence-corrected chi connectivity index (χ3v) is 2.65. The van der Waals surface area contributed by atoms with Gasteiger partial charge in [-0.05, 0) is 31.2 Å². The van der Waals surface area contributed by atoms with Crippen LogP contribution in [0.4, 0.5) is 4.39 Å². The predicted octanol–water partition coefficient (Wildman–Crippen LogP) is 3.54. The summed E-state index contributed by atoms with van der Waals surface area (Å²) in [7, 11) is 0. The van der Waals surface area contributed by atoms with Crippen molar-refractivity contribution in [3.05, 3.63) is 59.4 Å². The number of para-hydroxylation sites is 1. The van der Waals surface area contributed by atoms with Crippen LogP contribution >= 0.6 is 0 Å². The van der Waals surface area contributed by atoms with Crippen molar-refractivity contribution in [2.75, 3.05) is 0 Å². The highest BCUT2D eigenvalue weighted by Gasteiger charge is 2.12. The maximum atomic E-state index is 13.5. The van der Waals surface area contributed by atoms with Gasteiger partial charge >= 0.3 is 0 Å². The van der Waals surface area contributed by atoms with Crippen LogP contribution in [0.3, 0.4) is 0 Å². The van der Waals surface area contributed by atoms with Gasteiger partial charge in [-0.3, -0.25) is 0 Å². The Morgan fingerprint density at radius 2 is 1.95 bits per heavy atom. The molecule has 0 radical (unpaired) electrons. The molecule has 0 saturated heterocycles. The number of aliphatic hydroxyl groups excluding tert-OH is 1. The van der Waals surface area contributed by atoms with Crippen LogP contribution in [0, 0.1) is 17.1 Å². The molecule has 2 aromatic carbocycles. The Labute approximate surface area is 110 Å². The van der Waals surface area contributed by atoms with Crippen LogP contribution in [-0.4, -0.2) is 5.11 Å². The molecule has 2 rings (SSSR count). The van der Waals surface area contributed by atoms with Crippen molar-refractivity contribution in [1.29, 1.82) is 5.26 Å². The molecule has 1 N–H and O–H groups in total. The van der Waals surface area contributed by atoms with Crippen LogP contribution in [0.15, 0.2) is 42.5 Å². The number of halogens is 1. The molecule has 19 heavy (non-hydrogen) atoms. The molecule has 2 aromatic rings. The van der Waals surface area contributed by atoms with Crippen molar-refractivity contribution in [3.8, 4) is 17.6 Å². The molecule has 0 heterocycles. The van der Waals surface area contributed by atoms with Crippen molar-refractivity contribution in [1.82, 2.24) is 0 Å². The summed E-state index contributed by atoms with van der Waals surface area (Å²) in [6.07, 6.45) is -0.769. The molecule has 0 fully saturated rings. The first-order valence-electron chi connectivity index (χ1n) is 5.76. The number of hydrogen-bond acceptors (Lipinski definition) is 3. The van der Waals surface area contributed by atoms with E-state index in [0.29, 0.717) is 11.1 Å².